The van der Waals surface area contributed by atoms with Crippen LogP contribution >= 0.6 is 0 Å². The maximum absolute atomic E-state index is 5.59. The van der Waals surface area contributed by atoms with Crippen molar-refractivity contribution in [1.82, 2.24) is 0 Å². The van der Waals surface area contributed by atoms with E-state index in [4.69, 9.17) is 10.5 Å². The van der Waals surface area contributed by atoms with E-state index in [2.05, 4.69) is 18.2 Å². The summed E-state index contributed by atoms with van der Waals surface area (Å²) in [5, 5.41) is 0. The Morgan fingerprint density at radius 1 is 1.44 bits per heavy atom. The SMILES string of the molecule is COc1ccc2c(c1)CCC[C@@H]2CCCN. The molecular formula is C14H21NO. The summed E-state index contributed by atoms with van der Waals surface area (Å²) in [7, 11) is 1.73. The Bertz CT molecular complexity index is 349. The Hall–Kier alpha value is -1.02. The molecule has 2 heteroatoms. The Morgan fingerprint density at radius 3 is 3.06 bits per heavy atom. The second-order valence-corrected chi connectivity index (χ2v) is 4.58. The van der Waals surface area contributed by atoms with Crippen LogP contribution < -0.4 is 10.5 Å². The Morgan fingerprint density at radius 2 is 2.31 bits per heavy atom. The number of fused-ring (bicyclic) bond motifs is 1. The molecule has 16 heavy (non-hydrogen) atoms. The highest BCUT2D eigenvalue weighted by molar-refractivity contribution is 5.39. The van der Waals surface area contributed by atoms with Crippen molar-refractivity contribution in [3.63, 3.8) is 0 Å². The molecular weight excluding hydrogens is 198 g/mol. The van der Waals surface area contributed by atoms with E-state index in [1.165, 1.54) is 36.8 Å². The van der Waals surface area contributed by atoms with Gasteiger partial charge in [-0.3, -0.25) is 0 Å². The standard InChI is InChI=1S/C14H21NO/c1-16-13-7-8-14-11(6-3-9-15)4-2-5-12(14)10-13/h7-8,10-11H,2-6,9,15H2,1H3/t11-/m1/s1. The van der Waals surface area contributed by atoms with Crippen LogP contribution in [0.2, 0.25) is 0 Å². The van der Waals surface area contributed by atoms with Crippen LogP contribution in [0.1, 0.15) is 42.7 Å². The lowest BCUT2D eigenvalue weighted by molar-refractivity contribution is 0.412. The molecule has 2 N–H and O–H groups in total. The maximum atomic E-state index is 5.59. The van der Waals surface area contributed by atoms with Gasteiger partial charge in [-0.05, 0) is 67.8 Å². The van der Waals surface area contributed by atoms with Crippen LogP contribution in [0.3, 0.4) is 0 Å². The van der Waals surface area contributed by atoms with Gasteiger partial charge in [-0.2, -0.15) is 0 Å². The third-order valence-corrected chi connectivity index (χ3v) is 3.55. The molecule has 0 saturated carbocycles. The van der Waals surface area contributed by atoms with Crippen LogP contribution in [0.15, 0.2) is 18.2 Å². The summed E-state index contributed by atoms with van der Waals surface area (Å²) in [6, 6.07) is 6.53. The number of ether oxygens (including phenoxy) is 1. The molecule has 0 radical (unpaired) electrons. The third kappa shape index (κ3) is 2.38. The van der Waals surface area contributed by atoms with Crippen molar-refractivity contribution in [2.75, 3.05) is 13.7 Å². The zero-order valence-electron chi connectivity index (χ0n) is 10.0. The predicted octanol–water partition coefficient (Wildman–Crippen LogP) is 2.85. The molecule has 1 aromatic carbocycles. The second-order valence-electron chi connectivity index (χ2n) is 4.58. The van der Waals surface area contributed by atoms with Gasteiger partial charge < -0.3 is 10.5 Å². The number of nitrogens with two attached hydrogens (primary N) is 1. The summed E-state index contributed by atoms with van der Waals surface area (Å²) >= 11 is 0. The Balaban J connectivity index is 2.18. The van der Waals surface area contributed by atoms with E-state index in [0.29, 0.717) is 0 Å². The van der Waals surface area contributed by atoms with E-state index in [9.17, 15) is 0 Å². The zero-order chi connectivity index (χ0) is 11.4. The zero-order valence-corrected chi connectivity index (χ0v) is 10.0. The van der Waals surface area contributed by atoms with Gasteiger partial charge in [0, 0.05) is 0 Å². The first kappa shape index (κ1) is 11.5. The monoisotopic (exact) mass is 219 g/mol. The van der Waals surface area contributed by atoms with Crippen molar-refractivity contribution >= 4 is 0 Å². The Labute approximate surface area is 97.8 Å². The molecule has 1 atom stereocenters. The highest BCUT2D eigenvalue weighted by Crippen LogP contribution is 2.36. The van der Waals surface area contributed by atoms with Gasteiger partial charge in [-0.25, -0.2) is 0 Å². The number of aryl methyl sites for hydroxylation is 1. The van der Waals surface area contributed by atoms with Crippen molar-refractivity contribution in [1.29, 1.82) is 0 Å². The van der Waals surface area contributed by atoms with Crippen LogP contribution in [0.4, 0.5) is 0 Å². The second kappa shape index (κ2) is 5.35. The molecule has 2 rings (SSSR count). The molecule has 0 heterocycles. The minimum atomic E-state index is 0.721. The lowest BCUT2D eigenvalue weighted by atomic mass is 9.80. The Kier molecular flexibility index (Phi) is 3.83. The largest absolute Gasteiger partial charge is 0.497 e. The fraction of sp³-hybridized carbons (Fsp3) is 0.571. The summed E-state index contributed by atoms with van der Waals surface area (Å²) in [4.78, 5) is 0. The molecule has 1 aliphatic rings. The van der Waals surface area contributed by atoms with E-state index < -0.39 is 0 Å². The first-order chi connectivity index (χ1) is 7.85. The quantitative estimate of drug-likeness (QED) is 0.845. The third-order valence-electron chi connectivity index (χ3n) is 3.55. The smallest absolute Gasteiger partial charge is 0.119 e. The van der Waals surface area contributed by atoms with Gasteiger partial charge in [0.25, 0.3) is 0 Å². The number of rotatable bonds is 4. The van der Waals surface area contributed by atoms with E-state index in [1.807, 2.05) is 0 Å². The van der Waals surface area contributed by atoms with E-state index in [1.54, 1.807) is 7.11 Å². The molecule has 1 aliphatic carbocycles. The fourth-order valence-corrected chi connectivity index (χ4v) is 2.68. The van der Waals surface area contributed by atoms with Crippen LogP contribution in [-0.2, 0) is 6.42 Å². The summed E-state index contributed by atoms with van der Waals surface area (Å²) in [6.45, 7) is 0.808. The van der Waals surface area contributed by atoms with Crippen molar-refractivity contribution in [3.8, 4) is 5.75 Å². The van der Waals surface area contributed by atoms with Crippen LogP contribution in [0.25, 0.3) is 0 Å². The van der Waals surface area contributed by atoms with Gasteiger partial charge in [0.15, 0.2) is 0 Å². The van der Waals surface area contributed by atoms with Crippen molar-refractivity contribution in [3.05, 3.63) is 29.3 Å². The lowest BCUT2D eigenvalue weighted by Crippen LogP contribution is -2.11. The number of hydrogen-bond acceptors (Lipinski definition) is 2. The lowest BCUT2D eigenvalue weighted by Gasteiger charge is -2.25. The van der Waals surface area contributed by atoms with Crippen LogP contribution in [0, 0.1) is 0 Å². The molecule has 1 aromatic rings. The van der Waals surface area contributed by atoms with Crippen molar-refractivity contribution in [2.45, 2.75) is 38.0 Å². The van der Waals surface area contributed by atoms with E-state index in [-0.39, 0.29) is 0 Å². The molecule has 0 spiro atoms. The van der Waals surface area contributed by atoms with Gasteiger partial charge in [0.05, 0.1) is 7.11 Å². The number of benzene rings is 1. The summed E-state index contributed by atoms with van der Waals surface area (Å²) in [5.74, 6) is 1.71. The number of methoxy groups -OCH3 is 1. The number of hydrogen-bond donors (Lipinski definition) is 1. The van der Waals surface area contributed by atoms with Crippen molar-refractivity contribution < 1.29 is 4.74 Å². The van der Waals surface area contributed by atoms with Crippen LogP contribution in [0.5, 0.6) is 5.75 Å². The van der Waals surface area contributed by atoms with Gasteiger partial charge in [-0.15, -0.1) is 0 Å². The van der Waals surface area contributed by atoms with E-state index in [0.717, 1.165) is 24.6 Å². The molecule has 0 unspecified atom stereocenters. The topological polar surface area (TPSA) is 35.2 Å². The van der Waals surface area contributed by atoms with E-state index >= 15 is 0 Å². The average Bonchev–Trinajstić information content (AvgIpc) is 2.35. The first-order valence-corrected chi connectivity index (χ1v) is 6.22. The summed E-state index contributed by atoms with van der Waals surface area (Å²) in [6.07, 6.45) is 6.19. The molecule has 0 aromatic heterocycles. The first-order valence-electron chi connectivity index (χ1n) is 6.22. The minimum Gasteiger partial charge on any atom is -0.497 e. The normalized spacial score (nSPS) is 19.2. The molecule has 0 saturated heterocycles. The highest BCUT2D eigenvalue weighted by Gasteiger charge is 2.19. The fourth-order valence-electron chi connectivity index (χ4n) is 2.68. The summed E-state index contributed by atoms with van der Waals surface area (Å²) < 4.78 is 5.28. The molecule has 88 valence electrons. The molecule has 0 bridgehead atoms. The molecule has 2 nitrogen and oxygen atoms in total. The minimum absolute atomic E-state index is 0.721. The predicted molar refractivity (Wildman–Crippen MR) is 67.0 cm³/mol. The van der Waals surface area contributed by atoms with Gasteiger partial charge in [0.2, 0.25) is 0 Å². The molecule has 0 amide bonds. The average molecular weight is 219 g/mol. The van der Waals surface area contributed by atoms with Crippen LogP contribution in [-0.4, -0.2) is 13.7 Å². The van der Waals surface area contributed by atoms with Gasteiger partial charge in [0.1, 0.15) is 5.75 Å². The molecule has 0 aliphatic heterocycles. The van der Waals surface area contributed by atoms with Gasteiger partial charge >= 0.3 is 0 Å². The molecule has 0 fully saturated rings. The van der Waals surface area contributed by atoms with Crippen molar-refractivity contribution in [2.24, 2.45) is 5.73 Å². The van der Waals surface area contributed by atoms with Gasteiger partial charge in [-0.1, -0.05) is 6.07 Å². The summed E-state index contributed by atoms with van der Waals surface area (Å²) in [5.41, 5.74) is 8.60. The maximum Gasteiger partial charge on any atom is 0.119 e. The highest BCUT2D eigenvalue weighted by atomic mass is 16.5.